The van der Waals surface area contributed by atoms with Gasteiger partial charge in [-0.2, -0.15) is 0 Å². The van der Waals surface area contributed by atoms with Gasteiger partial charge in [0, 0.05) is 13.2 Å². The quantitative estimate of drug-likeness (QED) is 0.869. The smallest absolute Gasteiger partial charge is 0.318 e. The number of nitrogens with one attached hydrogen (secondary N) is 1. The number of nitrogens with zero attached hydrogens (tertiary/aromatic N) is 1. The molecular weight excluding hydrogens is 268 g/mol. The van der Waals surface area contributed by atoms with E-state index in [0.29, 0.717) is 19.8 Å². The highest BCUT2D eigenvalue weighted by atomic mass is 16.5. The van der Waals surface area contributed by atoms with Crippen LogP contribution in [0.4, 0.5) is 4.79 Å². The van der Waals surface area contributed by atoms with Crippen LogP contribution in [-0.4, -0.2) is 47.4 Å². The maximum absolute atomic E-state index is 12.4. The maximum Gasteiger partial charge on any atom is 0.318 e. The van der Waals surface area contributed by atoms with E-state index in [1.54, 1.807) is 18.7 Å². The first kappa shape index (κ1) is 15.8. The van der Waals surface area contributed by atoms with E-state index in [-0.39, 0.29) is 18.6 Å². The first-order valence-corrected chi connectivity index (χ1v) is 7.33. The summed E-state index contributed by atoms with van der Waals surface area (Å²) in [5.74, 6) is 0. The minimum Gasteiger partial charge on any atom is -0.389 e. The third-order valence-electron chi connectivity index (χ3n) is 3.34. The van der Waals surface area contributed by atoms with Crippen molar-refractivity contribution in [3.05, 3.63) is 35.9 Å². The zero-order valence-electron chi connectivity index (χ0n) is 12.7. The number of benzene rings is 1. The van der Waals surface area contributed by atoms with Crippen LogP contribution in [0.15, 0.2) is 30.3 Å². The normalized spacial score (nSPS) is 18.5. The highest BCUT2D eigenvalue weighted by Crippen LogP contribution is 2.12. The van der Waals surface area contributed by atoms with E-state index >= 15 is 0 Å². The average Bonchev–Trinajstić information content (AvgIpc) is 2.90. The molecule has 0 bridgehead atoms. The SMILES string of the molecule is CC(C)(O)CN(Cc1ccccc1)C(=O)NC1CCOC1. The van der Waals surface area contributed by atoms with Gasteiger partial charge in [-0.05, 0) is 25.8 Å². The number of carbonyl (C=O) groups excluding carboxylic acids is 1. The molecule has 1 aliphatic heterocycles. The van der Waals surface area contributed by atoms with Crippen LogP contribution < -0.4 is 5.32 Å². The van der Waals surface area contributed by atoms with Crippen LogP contribution in [0.3, 0.4) is 0 Å². The molecule has 1 fully saturated rings. The van der Waals surface area contributed by atoms with Gasteiger partial charge in [-0.25, -0.2) is 4.79 Å². The average molecular weight is 292 g/mol. The van der Waals surface area contributed by atoms with Crippen molar-refractivity contribution in [1.29, 1.82) is 0 Å². The van der Waals surface area contributed by atoms with Gasteiger partial charge in [0.25, 0.3) is 0 Å². The van der Waals surface area contributed by atoms with Crippen LogP contribution in [0, 0.1) is 0 Å². The summed E-state index contributed by atoms with van der Waals surface area (Å²) >= 11 is 0. The number of rotatable bonds is 5. The number of hydrogen-bond acceptors (Lipinski definition) is 3. The first-order valence-electron chi connectivity index (χ1n) is 7.33. The summed E-state index contributed by atoms with van der Waals surface area (Å²) in [6.45, 7) is 5.42. The number of urea groups is 1. The van der Waals surface area contributed by atoms with Crippen LogP contribution in [0.1, 0.15) is 25.8 Å². The number of aliphatic hydroxyl groups is 1. The van der Waals surface area contributed by atoms with Crippen molar-refractivity contribution in [3.63, 3.8) is 0 Å². The molecular formula is C16H24N2O3. The van der Waals surface area contributed by atoms with Gasteiger partial charge in [0.2, 0.25) is 0 Å². The lowest BCUT2D eigenvalue weighted by molar-refractivity contribution is 0.0441. The van der Waals surface area contributed by atoms with Gasteiger partial charge in [0.05, 0.1) is 24.8 Å². The predicted molar refractivity (Wildman–Crippen MR) is 80.9 cm³/mol. The second-order valence-electron chi connectivity index (χ2n) is 6.16. The van der Waals surface area contributed by atoms with Crippen LogP contribution in [0.25, 0.3) is 0 Å². The molecule has 1 aromatic carbocycles. The van der Waals surface area contributed by atoms with E-state index in [2.05, 4.69) is 5.32 Å². The van der Waals surface area contributed by atoms with Gasteiger partial charge in [0.1, 0.15) is 0 Å². The van der Waals surface area contributed by atoms with Crippen molar-refractivity contribution in [2.45, 2.75) is 38.5 Å². The molecule has 1 saturated heterocycles. The molecule has 0 radical (unpaired) electrons. The highest BCUT2D eigenvalue weighted by Gasteiger charge is 2.25. The Hall–Kier alpha value is -1.59. The number of carbonyl (C=O) groups is 1. The van der Waals surface area contributed by atoms with Gasteiger partial charge in [-0.15, -0.1) is 0 Å². The van der Waals surface area contributed by atoms with Crippen LogP contribution in [0.5, 0.6) is 0 Å². The maximum atomic E-state index is 12.4. The second-order valence-corrected chi connectivity index (χ2v) is 6.16. The molecule has 5 nitrogen and oxygen atoms in total. The summed E-state index contributed by atoms with van der Waals surface area (Å²) in [5, 5.41) is 13.0. The van der Waals surface area contributed by atoms with E-state index in [4.69, 9.17) is 4.74 Å². The molecule has 2 amide bonds. The second kappa shape index (κ2) is 6.91. The van der Waals surface area contributed by atoms with Crippen molar-refractivity contribution in [2.75, 3.05) is 19.8 Å². The summed E-state index contributed by atoms with van der Waals surface area (Å²) in [6.07, 6.45) is 0.841. The molecule has 116 valence electrons. The third kappa shape index (κ3) is 5.36. The van der Waals surface area contributed by atoms with Crippen molar-refractivity contribution in [3.8, 4) is 0 Å². The topological polar surface area (TPSA) is 61.8 Å². The van der Waals surface area contributed by atoms with Crippen LogP contribution >= 0.6 is 0 Å². The fourth-order valence-corrected chi connectivity index (χ4v) is 2.38. The first-order chi connectivity index (χ1) is 9.94. The lowest BCUT2D eigenvalue weighted by Gasteiger charge is -2.30. The fraction of sp³-hybridized carbons (Fsp3) is 0.562. The van der Waals surface area contributed by atoms with E-state index in [9.17, 15) is 9.90 Å². The number of amides is 2. The van der Waals surface area contributed by atoms with Gasteiger partial charge in [0.15, 0.2) is 0 Å². The molecule has 21 heavy (non-hydrogen) atoms. The Balaban J connectivity index is 2.01. The zero-order valence-corrected chi connectivity index (χ0v) is 12.7. The lowest BCUT2D eigenvalue weighted by Crippen LogP contribution is -2.49. The van der Waals surface area contributed by atoms with Crippen LogP contribution in [-0.2, 0) is 11.3 Å². The zero-order chi connectivity index (χ0) is 15.3. The van der Waals surface area contributed by atoms with Crippen molar-refractivity contribution < 1.29 is 14.6 Å². The predicted octanol–water partition coefficient (Wildman–Crippen LogP) is 1.76. The van der Waals surface area contributed by atoms with E-state index in [1.165, 1.54) is 0 Å². The molecule has 1 unspecified atom stereocenters. The molecule has 1 aliphatic rings. The monoisotopic (exact) mass is 292 g/mol. The summed E-state index contributed by atoms with van der Waals surface area (Å²) in [5.41, 5.74) is 0.109. The van der Waals surface area contributed by atoms with Crippen molar-refractivity contribution in [2.24, 2.45) is 0 Å². The summed E-state index contributed by atoms with van der Waals surface area (Å²) < 4.78 is 5.27. The summed E-state index contributed by atoms with van der Waals surface area (Å²) in [4.78, 5) is 14.1. The molecule has 0 aromatic heterocycles. The number of hydrogen-bond donors (Lipinski definition) is 2. The Morgan fingerprint density at radius 1 is 1.43 bits per heavy atom. The minimum absolute atomic E-state index is 0.0672. The third-order valence-corrected chi connectivity index (χ3v) is 3.34. The number of ether oxygens (including phenoxy) is 1. The largest absolute Gasteiger partial charge is 0.389 e. The Morgan fingerprint density at radius 2 is 2.14 bits per heavy atom. The van der Waals surface area contributed by atoms with Crippen LogP contribution in [0.2, 0.25) is 0 Å². The van der Waals surface area contributed by atoms with E-state index in [0.717, 1.165) is 12.0 Å². The molecule has 0 aliphatic carbocycles. The van der Waals surface area contributed by atoms with Gasteiger partial charge in [-0.3, -0.25) is 0 Å². The lowest BCUT2D eigenvalue weighted by atomic mass is 10.1. The van der Waals surface area contributed by atoms with Crippen molar-refractivity contribution in [1.82, 2.24) is 10.2 Å². The summed E-state index contributed by atoms with van der Waals surface area (Å²) in [7, 11) is 0. The molecule has 1 aromatic rings. The summed E-state index contributed by atoms with van der Waals surface area (Å²) in [6, 6.07) is 9.70. The van der Waals surface area contributed by atoms with Gasteiger partial charge >= 0.3 is 6.03 Å². The van der Waals surface area contributed by atoms with Crippen molar-refractivity contribution >= 4 is 6.03 Å². The minimum atomic E-state index is -0.932. The Kier molecular flexibility index (Phi) is 5.20. The molecule has 2 rings (SSSR count). The molecule has 1 atom stereocenters. The fourth-order valence-electron chi connectivity index (χ4n) is 2.38. The molecule has 5 heteroatoms. The highest BCUT2D eigenvalue weighted by molar-refractivity contribution is 5.74. The van der Waals surface area contributed by atoms with E-state index < -0.39 is 5.60 Å². The van der Waals surface area contributed by atoms with Gasteiger partial charge in [-0.1, -0.05) is 30.3 Å². The standard InChI is InChI=1S/C16H24N2O3/c1-16(2,20)12-18(10-13-6-4-3-5-7-13)15(19)17-14-8-9-21-11-14/h3-7,14,20H,8-12H2,1-2H3,(H,17,19). The molecule has 0 saturated carbocycles. The Morgan fingerprint density at radius 3 is 2.71 bits per heavy atom. The Labute approximate surface area is 125 Å². The molecule has 0 spiro atoms. The Bertz CT molecular complexity index is 450. The molecule has 2 N–H and O–H groups in total. The van der Waals surface area contributed by atoms with Gasteiger partial charge < -0.3 is 20.1 Å². The molecule has 1 heterocycles. The van der Waals surface area contributed by atoms with E-state index in [1.807, 2.05) is 30.3 Å².